The molecule has 28 heavy (non-hydrogen) atoms. The number of nitrogens with one attached hydrogen (secondary N) is 2. The molecule has 0 saturated heterocycles. The van der Waals surface area contributed by atoms with Crippen LogP contribution in [0.1, 0.15) is 31.9 Å². The second-order valence-electron chi connectivity index (χ2n) is 7.25. The number of ether oxygens (including phenoxy) is 1. The maximum absolute atomic E-state index is 12.1. The fraction of sp³-hybridized carbons (Fsp3) is 0.300. The number of nitrogens with zero attached hydrogens (tertiary/aromatic N) is 4. The third-order valence-corrected chi connectivity index (χ3v) is 3.69. The van der Waals surface area contributed by atoms with Gasteiger partial charge in [0.2, 0.25) is 5.88 Å². The number of carbonyl (C=O) groups is 1. The summed E-state index contributed by atoms with van der Waals surface area (Å²) in [6.07, 6.45) is 8.59. The Morgan fingerprint density at radius 1 is 1.07 bits per heavy atom. The molecule has 2 N–H and O–H groups in total. The largest absolute Gasteiger partial charge is 0.472 e. The Bertz CT molecular complexity index is 901. The van der Waals surface area contributed by atoms with Crippen LogP contribution in [0.25, 0.3) is 5.82 Å². The van der Waals surface area contributed by atoms with Crippen LogP contribution < -0.4 is 15.4 Å². The molecule has 146 valence electrons. The monoisotopic (exact) mass is 380 g/mol. The minimum Gasteiger partial charge on any atom is -0.472 e. The molecule has 0 aliphatic rings. The van der Waals surface area contributed by atoms with Gasteiger partial charge in [-0.2, -0.15) is 0 Å². The molecule has 0 aliphatic heterocycles. The van der Waals surface area contributed by atoms with Crippen LogP contribution in [0.2, 0.25) is 0 Å². The zero-order valence-corrected chi connectivity index (χ0v) is 16.2. The van der Waals surface area contributed by atoms with Gasteiger partial charge in [-0.3, -0.25) is 4.57 Å². The first-order chi connectivity index (χ1) is 13.4. The molecular weight excluding hydrogens is 356 g/mol. The average molecular weight is 380 g/mol. The van der Waals surface area contributed by atoms with Gasteiger partial charge in [0, 0.05) is 43.9 Å². The molecule has 3 rings (SSSR count). The summed E-state index contributed by atoms with van der Waals surface area (Å²) < 4.78 is 7.49. The quantitative estimate of drug-likeness (QED) is 0.686. The fourth-order valence-corrected chi connectivity index (χ4v) is 2.42. The highest BCUT2D eigenvalue weighted by Crippen LogP contribution is 2.15. The van der Waals surface area contributed by atoms with Crippen molar-refractivity contribution in [2.45, 2.75) is 39.5 Å². The molecule has 3 aromatic heterocycles. The minimum absolute atomic E-state index is 0.254. The van der Waals surface area contributed by atoms with E-state index in [1.54, 1.807) is 31.0 Å². The average Bonchev–Trinajstić information content (AvgIpc) is 3.20. The fourth-order valence-electron chi connectivity index (χ4n) is 2.42. The van der Waals surface area contributed by atoms with Gasteiger partial charge in [0.05, 0.1) is 0 Å². The van der Waals surface area contributed by atoms with Crippen molar-refractivity contribution >= 4 is 6.03 Å². The van der Waals surface area contributed by atoms with Crippen molar-refractivity contribution in [1.29, 1.82) is 0 Å². The van der Waals surface area contributed by atoms with Gasteiger partial charge in [0.1, 0.15) is 17.7 Å². The van der Waals surface area contributed by atoms with Crippen LogP contribution in [0.4, 0.5) is 4.79 Å². The van der Waals surface area contributed by atoms with Crippen molar-refractivity contribution in [3.05, 3.63) is 66.5 Å². The topological polar surface area (TPSA) is 94.0 Å². The maximum Gasteiger partial charge on any atom is 0.315 e. The first kappa shape index (κ1) is 19.3. The Hall–Kier alpha value is -3.42. The van der Waals surface area contributed by atoms with Crippen LogP contribution in [0.5, 0.6) is 5.88 Å². The van der Waals surface area contributed by atoms with Crippen LogP contribution in [0, 0.1) is 0 Å². The number of aromatic nitrogens is 4. The first-order valence-corrected chi connectivity index (χ1v) is 8.98. The van der Waals surface area contributed by atoms with E-state index >= 15 is 0 Å². The predicted octanol–water partition coefficient (Wildman–Crippen LogP) is 2.84. The van der Waals surface area contributed by atoms with Gasteiger partial charge >= 0.3 is 6.03 Å². The second kappa shape index (κ2) is 8.51. The number of pyridine rings is 2. The van der Waals surface area contributed by atoms with Crippen molar-refractivity contribution in [3.8, 4) is 11.7 Å². The van der Waals surface area contributed by atoms with Crippen molar-refractivity contribution in [2.75, 3.05) is 0 Å². The normalized spacial score (nSPS) is 11.1. The molecule has 0 aromatic carbocycles. The number of urea groups is 1. The molecule has 0 saturated carbocycles. The minimum atomic E-state index is -0.294. The molecule has 0 spiro atoms. The number of imidazole rings is 1. The highest BCUT2D eigenvalue weighted by atomic mass is 16.5. The van der Waals surface area contributed by atoms with Crippen molar-refractivity contribution < 1.29 is 9.53 Å². The third-order valence-electron chi connectivity index (χ3n) is 3.69. The molecule has 0 atom stereocenters. The SMILES string of the molecule is CC(C)(C)Oc1ccc(CNC(=O)NCc2ccnc(-n3ccnc3)c2)cn1. The Labute approximate surface area is 164 Å². The molecule has 8 nitrogen and oxygen atoms in total. The highest BCUT2D eigenvalue weighted by Gasteiger charge is 2.12. The number of rotatable bonds is 6. The third kappa shape index (κ3) is 5.80. The highest BCUT2D eigenvalue weighted by molar-refractivity contribution is 5.73. The van der Waals surface area contributed by atoms with E-state index in [2.05, 4.69) is 25.6 Å². The molecule has 3 aromatic rings. The predicted molar refractivity (Wildman–Crippen MR) is 105 cm³/mol. The number of carbonyl (C=O) groups excluding carboxylic acids is 1. The van der Waals surface area contributed by atoms with Gasteiger partial charge in [-0.1, -0.05) is 6.07 Å². The molecule has 0 aliphatic carbocycles. The second-order valence-corrected chi connectivity index (χ2v) is 7.25. The lowest BCUT2D eigenvalue weighted by Crippen LogP contribution is -2.34. The van der Waals surface area contributed by atoms with E-state index in [1.807, 2.05) is 49.7 Å². The van der Waals surface area contributed by atoms with Crippen LogP contribution in [0.15, 0.2) is 55.4 Å². The summed E-state index contributed by atoms with van der Waals surface area (Å²) in [4.78, 5) is 24.6. The van der Waals surface area contributed by atoms with Gasteiger partial charge < -0.3 is 15.4 Å². The molecule has 0 unspecified atom stereocenters. The van der Waals surface area contributed by atoms with E-state index in [9.17, 15) is 4.79 Å². The molecule has 0 radical (unpaired) electrons. The van der Waals surface area contributed by atoms with Gasteiger partial charge in [-0.15, -0.1) is 0 Å². The summed E-state index contributed by atoms with van der Waals surface area (Å²) in [6, 6.07) is 7.19. The van der Waals surface area contributed by atoms with E-state index in [4.69, 9.17) is 4.74 Å². The van der Waals surface area contributed by atoms with Gasteiger partial charge in [-0.25, -0.2) is 19.7 Å². The Kier molecular flexibility index (Phi) is 5.88. The number of hydrogen-bond donors (Lipinski definition) is 2. The number of hydrogen-bond acceptors (Lipinski definition) is 5. The van der Waals surface area contributed by atoms with E-state index in [1.165, 1.54) is 0 Å². The summed E-state index contributed by atoms with van der Waals surface area (Å²) in [7, 11) is 0. The van der Waals surface area contributed by atoms with Crippen LogP contribution in [-0.2, 0) is 13.1 Å². The van der Waals surface area contributed by atoms with Crippen molar-refractivity contribution in [2.24, 2.45) is 0 Å². The summed E-state index contributed by atoms with van der Waals surface area (Å²) in [5.41, 5.74) is 1.54. The maximum atomic E-state index is 12.1. The molecule has 3 heterocycles. The Morgan fingerprint density at radius 2 is 1.86 bits per heavy atom. The van der Waals surface area contributed by atoms with Crippen molar-refractivity contribution in [3.63, 3.8) is 0 Å². The first-order valence-electron chi connectivity index (χ1n) is 8.98. The lowest BCUT2D eigenvalue weighted by molar-refractivity contribution is 0.124. The molecule has 2 amide bonds. The number of amides is 2. The molecule has 0 fully saturated rings. The smallest absolute Gasteiger partial charge is 0.315 e. The van der Waals surface area contributed by atoms with E-state index in [-0.39, 0.29) is 11.6 Å². The van der Waals surface area contributed by atoms with E-state index in [0.717, 1.165) is 16.9 Å². The molecule has 8 heteroatoms. The lowest BCUT2D eigenvalue weighted by atomic mass is 10.2. The van der Waals surface area contributed by atoms with Crippen LogP contribution >= 0.6 is 0 Å². The zero-order valence-electron chi connectivity index (χ0n) is 16.2. The Morgan fingerprint density at radius 3 is 2.50 bits per heavy atom. The van der Waals surface area contributed by atoms with Crippen LogP contribution in [-0.4, -0.2) is 31.2 Å². The standard InChI is InChI=1S/C20H24N6O2/c1-20(2,3)28-18-5-4-16(12-23-18)13-25-19(27)24-11-15-6-7-22-17(10-15)26-9-8-21-14-26/h4-10,12,14H,11,13H2,1-3H3,(H2,24,25,27). The van der Waals surface area contributed by atoms with Crippen molar-refractivity contribution in [1.82, 2.24) is 30.2 Å². The summed E-state index contributed by atoms with van der Waals surface area (Å²) in [5.74, 6) is 1.31. The summed E-state index contributed by atoms with van der Waals surface area (Å²) >= 11 is 0. The van der Waals surface area contributed by atoms with E-state index in [0.29, 0.717) is 19.0 Å². The van der Waals surface area contributed by atoms with Gasteiger partial charge in [0.15, 0.2) is 0 Å². The van der Waals surface area contributed by atoms with Crippen LogP contribution in [0.3, 0.4) is 0 Å². The summed E-state index contributed by atoms with van der Waals surface area (Å²) in [6.45, 7) is 6.68. The van der Waals surface area contributed by atoms with E-state index < -0.39 is 0 Å². The van der Waals surface area contributed by atoms with Gasteiger partial charge in [-0.05, 0) is 44.0 Å². The zero-order chi connectivity index (χ0) is 20.0. The summed E-state index contributed by atoms with van der Waals surface area (Å²) in [5, 5.41) is 5.65. The molecule has 0 bridgehead atoms. The van der Waals surface area contributed by atoms with Gasteiger partial charge in [0.25, 0.3) is 0 Å². The molecular formula is C20H24N6O2. The Balaban J connectivity index is 1.47. The lowest BCUT2D eigenvalue weighted by Gasteiger charge is -2.20.